The molecule has 0 radical (unpaired) electrons. The van der Waals surface area contributed by atoms with Crippen LogP contribution in [0.25, 0.3) is 83.2 Å². The minimum atomic E-state index is -2.83. The molecule has 12 rings (SSSR count). The highest BCUT2D eigenvalue weighted by molar-refractivity contribution is 7.19. The molecule has 10 aromatic carbocycles. The topological polar surface area (TPSA) is 43.6 Å². The molecular formula is C57H38N4Si. The van der Waals surface area contributed by atoms with Gasteiger partial charge in [0, 0.05) is 21.9 Å². The van der Waals surface area contributed by atoms with Crippen LogP contribution in [0.5, 0.6) is 0 Å². The molecule has 0 aliphatic carbocycles. The molecule has 0 aliphatic heterocycles. The van der Waals surface area contributed by atoms with Gasteiger partial charge in [0.2, 0.25) is 5.95 Å². The first-order valence-corrected chi connectivity index (χ1v) is 23.1. The normalized spacial score (nSPS) is 11.9. The SMILES string of the molecule is c1ccc(-c2ccc(-c3nc(-c4cccc([Si](c5ccccc5)(c5ccccc5)c5ccccc5)c4)nc(-n4c5cccc6c7ccccc7c7cccc4c7c65)n3)cc2)cc1. The Labute approximate surface area is 360 Å². The summed E-state index contributed by atoms with van der Waals surface area (Å²) in [6.07, 6.45) is 0. The monoisotopic (exact) mass is 806 g/mol. The summed E-state index contributed by atoms with van der Waals surface area (Å²) in [6, 6.07) is 83.1. The number of aromatic nitrogens is 4. The second-order valence-corrected chi connectivity index (χ2v) is 19.7. The summed E-state index contributed by atoms with van der Waals surface area (Å²) < 4.78 is 2.25. The molecular weight excluding hydrogens is 769 g/mol. The maximum absolute atomic E-state index is 5.46. The van der Waals surface area contributed by atoms with Crippen molar-refractivity contribution in [1.29, 1.82) is 0 Å². The van der Waals surface area contributed by atoms with Crippen molar-refractivity contribution >= 4 is 72.2 Å². The van der Waals surface area contributed by atoms with Crippen LogP contribution in [-0.2, 0) is 0 Å². The number of rotatable bonds is 8. The molecule has 5 heteroatoms. The van der Waals surface area contributed by atoms with Gasteiger partial charge >= 0.3 is 0 Å². The van der Waals surface area contributed by atoms with Crippen LogP contribution >= 0.6 is 0 Å². The lowest BCUT2D eigenvalue weighted by Gasteiger charge is -2.34. The number of hydrogen-bond donors (Lipinski definition) is 0. The van der Waals surface area contributed by atoms with Gasteiger partial charge in [-0.15, -0.1) is 0 Å². The molecule has 2 aromatic heterocycles. The van der Waals surface area contributed by atoms with E-state index in [0.29, 0.717) is 17.6 Å². The Hall–Kier alpha value is -7.99. The van der Waals surface area contributed by atoms with Gasteiger partial charge in [-0.2, -0.15) is 9.97 Å². The van der Waals surface area contributed by atoms with Gasteiger partial charge in [-0.1, -0.05) is 218 Å². The van der Waals surface area contributed by atoms with E-state index in [9.17, 15) is 0 Å². The van der Waals surface area contributed by atoms with E-state index in [2.05, 4.69) is 229 Å². The fraction of sp³-hybridized carbons (Fsp3) is 0. The lowest BCUT2D eigenvalue weighted by Crippen LogP contribution is -2.74. The average Bonchev–Trinajstić information content (AvgIpc) is 3.71. The van der Waals surface area contributed by atoms with E-state index in [1.54, 1.807) is 0 Å². The molecule has 2 heterocycles. The fourth-order valence-corrected chi connectivity index (χ4v) is 14.6. The minimum Gasteiger partial charge on any atom is -0.278 e. The first-order chi connectivity index (χ1) is 30.8. The van der Waals surface area contributed by atoms with Crippen molar-refractivity contribution in [3.05, 3.63) is 231 Å². The summed E-state index contributed by atoms with van der Waals surface area (Å²) in [7, 11) is -2.83. The van der Waals surface area contributed by atoms with Gasteiger partial charge < -0.3 is 0 Å². The lowest BCUT2D eigenvalue weighted by molar-refractivity contribution is 0.954. The molecule has 0 fully saturated rings. The van der Waals surface area contributed by atoms with Crippen LogP contribution in [0.2, 0.25) is 0 Å². The smallest absolute Gasteiger partial charge is 0.238 e. The molecule has 0 aliphatic rings. The Morgan fingerprint density at radius 1 is 0.290 bits per heavy atom. The van der Waals surface area contributed by atoms with E-state index in [1.807, 2.05) is 6.07 Å². The third-order valence-electron chi connectivity index (χ3n) is 12.6. The number of hydrogen-bond acceptors (Lipinski definition) is 3. The zero-order valence-corrected chi connectivity index (χ0v) is 34.7. The zero-order chi connectivity index (χ0) is 41.0. The second kappa shape index (κ2) is 14.6. The molecule has 0 saturated carbocycles. The van der Waals surface area contributed by atoms with E-state index in [-0.39, 0.29) is 0 Å². The maximum Gasteiger partial charge on any atom is 0.238 e. The maximum atomic E-state index is 5.46. The predicted molar refractivity (Wildman–Crippen MR) is 260 cm³/mol. The Morgan fingerprint density at radius 3 is 1.21 bits per heavy atom. The van der Waals surface area contributed by atoms with Gasteiger partial charge in [0.1, 0.15) is 0 Å². The summed E-state index contributed by atoms with van der Waals surface area (Å²) in [5.74, 6) is 1.82. The number of fused-ring (bicyclic) bond motifs is 3. The van der Waals surface area contributed by atoms with Crippen molar-refractivity contribution in [2.24, 2.45) is 0 Å². The van der Waals surface area contributed by atoms with Gasteiger partial charge in [-0.3, -0.25) is 4.57 Å². The molecule has 12 aromatic rings. The van der Waals surface area contributed by atoms with Crippen molar-refractivity contribution < 1.29 is 0 Å². The highest BCUT2D eigenvalue weighted by atomic mass is 28.3. The summed E-state index contributed by atoms with van der Waals surface area (Å²) in [4.78, 5) is 16.2. The molecule has 0 amide bonds. The van der Waals surface area contributed by atoms with Crippen molar-refractivity contribution in [3.63, 3.8) is 0 Å². The molecule has 0 atom stereocenters. The zero-order valence-electron chi connectivity index (χ0n) is 33.7. The molecule has 0 saturated heterocycles. The minimum absolute atomic E-state index is 0.584. The van der Waals surface area contributed by atoms with Gasteiger partial charge in [0.25, 0.3) is 0 Å². The van der Waals surface area contributed by atoms with Crippen LogP contribution in [0.3, 0.4) is 0 Å². The highest BCUT2D eigenvalue weighted by Crippen LogP contribution is 2.43. The summed E-state index contributed by atoms with van der Waals surface area (Å²) in [5, 5.41) is 12.6. The van der Waals surface area contributed by atoms with Gasteiger partial charge in [-0.25, -0.2) is 4.98 Å². The highest BCUT2D eigenvalue weighted by Gasteiger charge is 2.41. The van der Waals surface area contributed by atoms with Gasteiger partial charge in [0.05, 0.1) is 11.0 Å². The molecule has 0 unspecified atom stereocenters. The Balaban J connectivity index is 1.12. The third-order valence-corrected chi connectivity index (χ3v) is 17.3. The Bertz CT molecular complexity index is 3370. The van der Waals surface area contributed by atoms with Crippen molar-refractivity contribution in [2.45, 2.75) is 0 Å². The van der Waals surface area contributed by atoms with E-state index in [4.69, 9.17) is 15.0 Å². The Kier molecular flexibility index (Phi) is 8.47. The Morgan fingerprint density at radius 2 is 0.677 bits per heavy atom. The fourth-order valence-electron chi connectivity index (χ4n) is 9.85. The van der Waals surface area contributed by atoms with Crippen LogP contribution in [0.4, 0.5) is 0 Å². The van der Waals surface area contributed by atoms with Crippen LogP contribution in [0, 0.1) is 0 Å². The largest absolute Gasteiger partial charge is 0.278 e. The molecule has 290 valence electrons. The third kappa shape index (κ3) is 5.63. The van der Waals surface area contributed by atoms with Crippen molar-refractivity contribution in [2.75, 3.05) is 0 Å². The molecule has 4 nitrogen and oxygen atoms in total. The van der Waals surface area contributed by atoms with Gasteiger partial charge in [0.15, 0.2) is 19.7 Å². The number of benzene rings is 10. The average molecular weight is 807 g/mol. The van der Waals surface area contributed by atoms with Crippen LogP contribution in [-0.4, -0.2) is 27.6 Å². The standard InChI is InChI=1S/C57H38N4Si/c1-5-18-39(19-6-1)40-34-36-41(37-35-40)55-58-56(60-57(59-55)61-51-32-16-30-49-47-28-13-14-29-48(47)50-31-17-33-52(61)54(50)53(49)51)42-20-15-27-46(38-42)62(43-21-7-2-8-22-43,44-23-9-3-10-24-44)45-25-11-4-12-26-45/h1-38H. The summed E-state index contributed by atoms with van der Waals surface area (Å²) in [5.41, 5.74) is 6.30. The molecule has 62 heavy (non-hydrogen) atoms. The first-order valence-electron chi connectivity index (χ1n) is 21.1. The molecule has 0 N–H and O–H groups in total. The quantitative estimate of drug-likeness (QED) is 0.0873. The van der Waals surface area contributed by atoms with Crippen LogP contribution in [0.15, 0.2) is 231 Å². The summed E-state index contributed by atoms with van der Waals surface area (Å²) >= 11 is 0. The summed E-state index contributed by atoms with van der Waals surface area (Å²) in [6.45, 7) is 0. The van der Waals surface area contributed by atoms with Crippen molar-refractivity contribution in [3.8, 4) is 39.9 Å². The van der Waals surface area contributed by atoms with E-state index in [1.165, 1.54) is 58.6 Å². The van der Waals surface area contributed by atoms with Gasteiger partial charge in [-0.05, 0) is 65.6 Å². The molecule has 0 bridgehead atoms. The molecule has 0 spiro atoms. The predicted octanol–water partition coefficient (Wildman–Crippen LogP) is 11.1. The van der Waals surface area contributed by atoms with Crippen molar-refractivity contribution in [1.82, 2.24) is 19.5 Å². The lowest BCUT2D eigenvalue weighted by atomic mass is 9.95. The first kappa shape index (κ1) is 35.9. The van der Waals surface area contributed by atoms with Crippen LogP contribution < -0.4 is 20.7 Å². The second-order valence-electron chi connectivity index (χ2n) is 15.9. The van der Waals surface area contributed by atoms with E-state index < -0.39 is 8.07 Å². The van der Waals surface area contributed by atoms with E-state index in [0.717, 1.165) is 27.7 Å². The number of nitrogens with zero attached hydrogens (tertiary/aromatic N) is 4. The van der Waals surface area contributed by atoms with Crippen LogP contribution in [0.1, 0.15) is 0 Å². The van der Waals surface area contributed by atoms with E-state index >= 15 is 0 Å².